The van der Waals surface area contributed by atoms with E-state index in [1.54, 1.807) is 0 Å². The number of rotatable bonds is 4. The van der Waals surface area contributed by atoms with Crippen molar-refractivity contribution in [3.63, 3.8) is 0 Å². The van der Waals surface area contributed by atoms with Crippen LogP contribution in [0.1, 0.15) is 15.9 Å². The zero-order valence-electron chi connectivity index (χ0n) is 9.91. The maximum Gasteiger partial charge on any atom is 0.323 e. The van der Waals surface area contributed by atoms with Gasteiger partial charge in [-0.2, -0.15) is 0 Å². The van der Waals surface area contributed by atoms with Crippen LogP contribution < -0.4 is 0 Å². The van der Waals surface area contributed by atoms with E-state index in [1.165, 1.54) is 32.2 Å². The van der Waals surface area contributed by atoms with Crippen LogP contribution in [0.2, 0.25) is 0 Å². The number of carboxylic acids is 1. The molecule has 0 aliphatic rings. The summed E-state index contributed by atoms with van der Waals surface area (Å²) in [5, 5.41) is 19.5. The summed E-state index contributed by atoms with van der Waals surface area (Å²) in [6, 6.07) is 4.35. The highest BCUT2D eigenvalue weighted by atomic mass is 16.6. The number of amides is 1. The van der Waals surface area contributed by atoms with Gasteiger partial charge in [0, 0.05) is 12.6 Å². The average molecular weight is 252 g/mol. The number of aliphatic carboxylic acids is 1. The summed E-state index contributed by atoms with van der Waals surface area (Å²) in [7, 11) is 1.28. The molecule has 0 saturated heterocycles. The van der Waals surface area contributed by atoms with Crippen molar-refractivity contribution in [1.29, 1.82) is 0 Å². The Morgan fingerprint density at radius 2 is 2.06 bits per heavy atom. The van der Waals surface area contributed by atoms with Crippen molar-refractivity contribution >= 4 is 17.6 Å². The first-order chi connectivity index (χ1) is 8.34. The molecule has 0 spiro atoms. The van der Waals surface area contributed by atoms with Crippen molar-refractivity contribution in [3.05, 3.63) is 39.4 Å². The Morgan fingerprint density at radius 1 is 1.44 bits per heavy atom. The molecule has 0 atom stereocenters. The summed E-state index contributed by atoms with van der Waals surface area (Å²) >= 11 is 0. The van der Waals surface area contributed by atoms with E-state index in [0.717, 1.165) is 4.90 Å². The molecule has 7 nitrogen and oxygen atoms in total. The number of para-hydroxylation sites is 1. The smallest absolute Gasteiger partial charge is 0.323 e. The Hall–Kier alpha value is -2.44. The van der Waals surface area contributed by atoms with Gasteiger partial charge in [0.1, 0.15) is 12.1 Å². The van der Waals surface area contributed by atoms with Crippen LogP contribution in [0.3, 0.4) is 0 Å². The minimum Gasteiger partial charge on any atom is -0.480 e. The van der Waals surface area contributed by atoms with E-state index in [9.17, 15) is 19.7 Å². The third kappa shape index (κ3) is 2.82. The molecule has 18 heavy (non-hydrogen) atoms. The summed E-state index contributed by atoms with van der Waals surface area (Å²) in [6.45, 7) is 1.01. The molecule has 0 radical (unpaired) electrons. The van der Waals surface area contributed by atoms with E-state index in [1.807, 2.05) is 0 Å². The fraction of sp³-hybridized carbons (Fsp3) is 0.273. The lowest BCUT2D eigenvalue weighted by Crippen LogP contribution is -2.32. The van der Waals surface area contributed by atoms with Crippen LogP contribution in [0.25, 0.3) is 0 Å². The maximum absolute atomic E-state index is 11.9. The Morgan fingerprint density at radius 3 is 2.56 bits per heavy atom. The molecule has 1 aromatic rings. The van der Waals surface area contributed by atoms with Gasteiger partial charge in [0.25, 0.3) is 11.6 Å². The normalized spacial score (nSPS) is 9.89. The second kappa shape index (κ2) is 5.26. The van der Waals surface area contributed by atoms with Gasteiger partial charge in [0.15, 0.2) is 0 Å². The van der Waals surface area contributed by atoms with Crippen molar-refractivity contribution in [2.75, 3.05) is 13.6 Å². The van der Waals surface area contributed by atoms with Crippen LogP contribution in [0.15, 0.2) is 18.2 Å². The number of nitro benzene ring substituents is 1. The molecule has 1 rings (SSSR count). The van der Waals surface area contributed by atoms with Gasteiger partial charge in [-0.05, 0) is 13.0 Å². The molecule has 0 unspecified atom stereocenters. The molecule has 0 aliphatic carbocycles. The lowest BCUT2D eigenvalue weighted by molar-refractivity contribution is -0.385. The molecule has 0 fully saturated rings. The van der Waals surface area contributed by atoms with Gasteiger partial charge in [0.05, 0.1) is 4.92 Å². The summed E-state index contributed by atoms with van der Waals surface area (Å²) in [4.78, 5) is 33.6. The first-order valence-corrected chi connectivity index (χ1v) is 5.06. The number of carbonyl (C=O) groups is 2. The van der Waals surface area contributed by atoms with E-state index in [-0.39, 0.29) is 11.3 Å². The van der Waals surface area contributed by atoms with Crippen LogP contribution in [-0.4, -0.2) is 40.4 Å². The predicted molar refractivity (Wildman–Crippen MR) is 62.4 cm³/mol. The van der Waals surface area contributed by atoms with Gasteiger partial charge in [-0.3, -0.25) is 19.7 Å². The highest BCUT2D eigenvalue weighted by molar-refractivity contribution is 5.99. The van der Waals surface area contributed by atoms with Gasteiger partial charge >= 0.3 is 5.97 Å². The summed E-state index contributed by atoms with van der Waals surface area (Å²) in [5.41, 5.74) is -0.0435. The second-order valence-corrected chi connectivity index (χ2v) is 3.78. The number of aryl methyl sites for hydroxylation is 1. The zero-order chi connectivity index (χ0) is 13.9. The van der Waals surface area contributed by atoms with Gasteiger partial charge in [-0.15, -0.1) is 0 Å². The molecular formula is C11H12N2O5. The van der Waals surface area contributed by atoms with Gasteiger partial charge < -0.3 is 10.0 Å². The van der Waals surface area contributed by atoms with Crippen LogP contribution in [0.4, 0.5) is 5.69 Å². The van der Waals surface area contributed by atoms with Crippen molar-refractivity contribution in [2.45, 2.75) is 6.92 Å². The van der Waals surface area contributed by atoms with Crippen molar-refractivity contribution in [3.8, 4) is 0 Å². The fourth-order valence-corrected chi connectivity index (χ4v) is 1.55. The van der Waals surface area contributed by atoms with Crippen molar-refractivity contribution in [1.82, 2.24) is 4.90 Å². The van der Waals surface area contributed by atoms with Crippen LogP contribution >= 0.6 is 0 Å². The van der Waals surface area contributed by atoms with E-state index in [0.29, 0.717) is 5.56 Å². The number of nitro groups is 1. The standard InChI is InChI=1S/C11H12N2O5/c1-7-4-3-5-8(10(7)13(17)18)11(16)12(2)6-9(14)15/h3-5H,6H2,1-2H3,(H,14,15). The van der Waals surface area contributed by atoms with Crippen LogP contribution in [-0.2, 0) is 4.79 Å². The van der Waals surface area contributed by atoms with Gasteiger partial charge in [-0.25, -0.2) is 0 Å². The number of hydrogen-bond donors (Lipinski definition) is 1. The molecule has 1 amide bonds. The summed E-state index contributed by atoms with van der Waals surface area (Å²) in [5.74, 6) is -1.87. The lowest BCUT2D eigenvalue weighted by atomic mass is 10.1. The topological polar surface area (TPSA) is 101 Å². The summed E-state index contributed by atoms with van der Waals surface area (Å²) < 4.78 is 0. The third-order valence-corrected chi connectivity index (χ3v) is 2.37. The highest BCUT2D eigenvalue weighted by Crippen LogP contribution is 2.23. The predicted octanol–water partition coefficient (Wildman–Crippen LogP) is 1.06. The Kier molecular flexibility index (Phi) is 3.98. The largest absolute Gasteiger partial charge is 0.480 e. The number of carbonyl (C=O) groups excluding carboxylic acids is 1. The minimum absolute atomic E-state index is 0.108. The molecule has 0 bridgehead atoms. The first-order valence-electron chi connectivity index (χ1n) is 5.06. The monoisotopic (exact) mass is 252 g/mol. The van der Waals surface area contributed by atoms with E-state index >= 15 is 0 Å². The Bertz CT molecular complexity index is 512. The molecule has 7 heteroatoms. The van der Waals surface area contributed by atoms with E-state index in [2.05, 4.69) is 0 Å². The molecule has 1 aromatic carbocycles. The summed E-state index contributed by atoms with van der Waals surface area (Å²) in [6.07, 6.45) is 0. The Labute approximate surface area is 103 Å². The molecule has 1 N–H and O–H groups in total. The van der Waals surface area contributed by atoms with Crippen molar-refractivity contribution < 1.29 is 19.6 Å². The van der Waals surface area contributed by atoms with Crippen LogP contribution in [0, 0.1) is 17.0 Å². The fourth-order valence-electron chi connectivity index (χ4n) is 1.55. The van der Waals surface area contributed by atoms with Crippen molar-refractivity contribution in [2.24, 2.45) is 0 Å². The number of benzene rings is 1. The molecule has 0 aliphatic heterocycles. The molecule has 0 saturated carbocycles. The molecule has 0 aromatic heterocycles. The van der Waals surface area contributed by atoms with Crippen LogP contribution in [0.5, 0.6) is 0 Å². The zero-order valence-corrected chi connectivity index (χ0v) is 9.91. The minimum atomic E-state index is -1.18. The molecule has 96 valence electrons. The quantitative estimate of drug-likeness (QED) is 0.637. The lowest BCUT2D eigenvalue weighted by Gasteiger charge is -2.14. The third-order valence-electron chi connectivity index (χ3n) is 2.37. The van der Waals surface area contributed by atoms with Gasteiger partial charge in [0.2, 0.25) is 0 Å². The molecule has 0 heterocycles. The average Bonchev–Trinajstić information content (AvgIpc) is 2.26. The SMILES string of the molecule is Cc1cccc(C(=O)N(C)CC(=O)O)c1[N+](=O)[O-]. The Balaban J connectivity index is 3.17. The van der Waals surface area contributed by atoms with Gasteiger partial charge in [-0.1, -0.05) is 12.1 Å². The number of hydrogen-bond acceptors (Lipinski definition) is 4. The number of carboxylic acid groups (broad SMARTS) is 1. The van der Waals surface area contributed by atoms with E-state index in [4.69, 9.17) is 5.11 Å². The maximum atomic E-state index is 11.9. The number of likely N-dealkylation sites (N-methyl/N-ethyl adjacent to an activating group) is 1. The molecular weight excluding hydrogens is 240 g/mol. The number of nitrogens with zero attached hydrogens (tertiary/aromatic N) is 2. The second-order valence-electron chi connectivity index (χ2n) is 3.78. The van der Waals surface area contributed by atoms with E-state index < -0.39 is 23.3 Å². The highest BCUT2D eigenvalue weighted by Gasteiger charge is 2.25. The first kappa shape index (κ1) is 13.6.